The number of ether oxygens (including phenoxy) is 1. The first-order chi connectivity index (χ1) is 13.6. The lowest BCUT2D eigenvalue weighted by atomic mass is 10.1. The molecule has 0 saturated heterocycles. The van der Waals surface area contributed by atoms with E-state index in [0.717, 1.165) is 38.5 Å². The van der Waals surface area contributed by atoms with Gasteiger partial charge in [0.05, 0.1) is 0 Å². The predicted molar refractivity (Wildman–Crippen MR) is 114 cm³/mol. The van der Waals surface area contributed by atoms with E-state index in [0.29, 0.717) is 19.1 Å². The van der Waals surface area contributed by atoms with Crippen LogP contribution in [0.25, 0.3) is 0 Å². The number of amides is 1. The topological polar surface area (TPSA) is 72.5 Å². The van der Waals surface area contributed by atoms with Gasteiger partial charge in [-0.25, -0.2) is 0 Å². The van der Waals surface area contributed by atoms with Crippen molar-refractivity contribution in [3.05, 3.63) is 0 Å². The molecule has 0 aromatic heterocycles. The first-order valence-corrected chi connectivity index (χ1v) is 11.5. The maximum atomic E-state index is 11.9. The molecule has 1 amide bonds. The summed E-state index contributed by atoms with van der Waals surface area (Å²) in [6, 6.07) is -0.741. The van der Waals surface area contributed by atoms with Crippen molar-refractivity contribution in [2.24, 2.45) is 0 Å². The minimum atomic E-state index is -0.741. The fraction of sp³-hybridized carbons (Fsp3) is 0.870. The molecule has 1 atom stereocenters. The second-order valence-electron chi connectivity index (χ2n) is 7.74. The van der Waals surface area contributed by atoms with Crippen molar-refractivity contribution in [1.29, 1.82) is 0 Å². The number of aldehydes is 1. The van der Waals surface area contributed by atoms with E-state index in [-0.39, 0.29) is 18.5 Å². The van der Waals surface area contributed by atoms with Crippen LogP contribution >= 0.6 is 0 Å². The number of carbonyl (C=O) groups is 3. The third kappa shape index (κ3) is 18.0. The molecule has 0 fully saturated rings. The van der Waals surface area contributed by atoms with Gasteiger partial charge in [-0.05, 0) is 12.8 Å². The molecule has 0 bridgehead atoms. The van der Waals surface area contributed by atoms with Crippen LogP contribution in [-0.2, 0) is 19.1 Å². The molecule has 0 aromatic rings. The van der Waals surface area contributed by atoms with Gasteiger partial charge in [0.1, 0.15) is 18.9 Å². The molecule has 5 nitrogen and oxygen atoms in total. The number of nitrogens with one attached hydrogen (secondary N) is 1. The fourth-order valence-corrected chi connectivity index (χ4v) is 3.12. The van der Waals surface area contributed by atoms with E-state index in [1.807, 2.05) is 0 Å². The molecule has 0 saturated carbocycles. The van der Waals surface area contributed by atoms with Crippen LogP contribution in [0.4, 0.5) is 0 Å². The van der Waals surface area contributed by atoms with E-state index in [2.05, 4.69) is 19.2 Å². The smallest absolute Gasteiger partial charge is 0.305 e. The molecular weight excluding hydrogens is 354 g/mol. The van der Waals surface area contributed by atoms with Gasteiger partial charge in [0.2, 0.25) is 5.91 Å². The van der Waals surface area contributed by atoms with Gasteiger partial charge in [-0.1, -0.05) is 90.9 Å². The third-order valence-electron chi connectivity index (χ3n) is 4.93. The summed E-state index contributed by atoms with van der Waals surface area (Å²) in [6.45, 7) is 4.32. The highest BCUT2D eigenvalue weighted by molar-refractivity contribution is 5.79. The molecule has 0 aliphatic heterocycles. The average molecular weight is 398 g/mol. The maximum absolute atomic E-state index is 11.9. The third-order valence-corrected chi connectivity index (χ3v) is 4.93. The van der Waals surface area contributed by atoms with E-state index in [1.54, 1.807) is 0 Å². The number of carbonyl (C=O) groups excluding carboxylic acids is 3. The summed E-state index contributed by atoms with van der Waals surface area (Å²) in [7, 11) is 0. The Morgan fingerprint density at radius 1 is 0.750 bits per heavy atom. The number of unbranched alkanes of at least 4 members (excludes halogenated alkanes) is 12. The van der Waals surface area contributed by atoms with Crippen LogP contribution in [0.15, 0.2) is 0 Å². The van der Waals surface area contributed by atoms with E-state index >= 15 is 0 Å². The summed E-state index contributed by atoms with van der Waals surface area (Å²) in [4.78, 5) is 34.8. The summed E-state index contributed by atoms with van der Waals surface area (Å²) in [5.74, 6) is -0.435. The Balaban J connectivity index is 3.68. The molecule has 0 aromatic carbocycles. The zero-order chi connectivity index (χ0) is 20.9. The van der Waals surface area contributed by atoms with Crippen LogP contribution in [0.3, 0.4) is 0 Å². The Morgan fingerprint density at radius 2 is 1.21 bits per heavy atom. The van der Waals surface area contributed by atoms with Crippen LogP contribution in [-0.4, -0.2) is 30.8 Å². The molecule has 0 aliphatic rings. The quantitative estimate of drug-likeness (QED) is 0.167. The fourth-order valence-electron chi connectivity index (χ4n) is 3.12. The van der Waals surface area contributed by atoms with Gasteiger partial charge in [-0.2, -0.15) is 0 Å². The SMILES string of the molecule is CCCCCCCCCC(=O)N[C@H](C=O)COC(=O)CCCCCCCCC. The largest absolute Gasteiger partial charge is 0.463 e. The molecule has 28 heavy (non-hydrogen) atoms. The zero-order valence-corrected chi connectivity index (χ0v) is 18.3. The van der Waals surface area contributed by atoms with E-state index < -0.39 is 6.04 Å². The highest BCUT2D eigenvalue weighted by Crippen LogP contribution is 2.09. The van der Waals surface area contributed by atoms with Crippen LogP contribution in [0, 0.1) is 0 Å². The van der Waals surface area contributed by atoms with Crippen LogP contribution in [0.2, 0.25) is 0 Å². The summed E-state index contributed by atoms with van der Waals surface area (Å²) in [5, 5.41) is 2.64. The van der Waals surface area contributed by atoms with Gasteiger partial charge in [-0.15, -0.1) is 0 Å². The van der Waals surface area contributed by atoms with Crippen molar-refractivity contribution in [2.45, 2.75) is 123 Å². The van der Waals surface area contributed by atoms with Gasteiger partial charge in [0, 0.05) is 12.8 Å². The normalized spacial score (nSPS) is 11.8. The van der Waals surface area contributed by atoms with Crippen LogP contribution in [0.5, 0.6) is 0 Å². The second-order valence-corrected chi connectivity index (χ2v) is 7.74. The number of rotatable bonds is 20. The molecule has 0 radical (unpaired) electrons. The summed E-state index contributed by atoms with van der Waals surface area (Å²) in [5.41, 5.74) is 0. The number of esters is 1. The molecule has 5 heteroatoms. The summed E-state index contributed by atoms with van der Waals surface area (Å²) in [6.07, 6.45) is 17.5. The Hall–Kier alpha value is -1.39. The highest BCUT2D eigenvalue weighted by Gasteiger charge is 2.13. The van der Waals surface area contributed by atoms with Crippen molar-refractivity contribution in [1.82, 2.24) is 5.32 Å². The Kier molecular flexibility index (Phi) is 19.3. The van der Waals surface area contributed by atoms with Crippen LogP contribution in [0.1, 0.15) is 117 Å². The van der Waals surface area contributed by atoms with Crippen molar-refractivity contribution < 1.29 is 19.1 Å². The van der Waals surface area contributed by atoms with Gasteiger partial charge < -0.3 is 14.8 Å². The Labute approximate surface area is 172 Å². The minimum absolute atomic E-state index is 0.0679. The van der Waals surface area contributed by atoms with E-state index in [1.165, 1.54) is 51.4 Å². The monoisotopic (exact) mass is 397 g/mol. The Morgan fingerprint density at radius 3 is 1.71 bits per heavy atom. The average Bonchev–Trinajstić information content (AvgIpc) is 2.69. The van der Waals surface area contributed by atoms with Crippen molar-refractivity contribution in [3.63, 3.8) is 0 Å². The number of hydrogen-bond acceptors (Lipinski definition) is 4. The van der Waals surface area contributed by atoms with Crippen molar-refractivity contribution in [3.8, 4) is 0 Å². The highest BCUT2D eigenvalue weighted by atomic mass is 16.5. The molecule has 0 aliphatic carbocycles. The molecule has 0 heterocycles. The molecule has 0 rings (SSSR count). The van der Waals surface area contributed by atoms with E-state index in [9.17, 15) is 14.4 Å². The van der Waals surface area contributed by atoms with Crippen molar-refractivity contribution in [2.75, 3.05) is 6.61 Å². The zero-order valence-electron chi connectivity index (χ0n) is 18.3. The summed E-state index contributed by atoms with van der Waals surface area (Å²) < 4.78 is 5.14. The first-order valence-electron chi connectivity index (χ1n) is 11.5. The van der Waals surface area contributed by atoms with Gasteiger partial charge >= 0.3 is 5.97 Å². The lowest BCUT2D eigenvalue weighted by Crippen LogP contribution is -2.39. The number of hydrogen-bond donors (Lipinski definition) is 1. The van der Waals surface area contributed by atoms with Gasteiger partial charge in [-0.3, -0.25) is 9.59 Å². The minimum Gasteiger partial charge on any atom is -0.463 e. The molecule has 0 spiro atoms. The predicted octanol–water partition coefficient (Wildman–Crippen LogP) is 5.49. The van der Waals surface area contributed by atoms with E-state index in [4.69, 9.17) is 4.74 Å². The maximum Gasteiger partial charge on any atom is 0.305 e. The lowest BCUT2D eigenvalue weighted by molar-refractivity contribution is -0.145. The van der Waals surface area contributed by atoms with Crippen LogP contribution < -0.4 is 5.32 Å². The first kappa shape index (κ1) is 26.6. The standard InChI is InChI=1S/C23H43NO4/c1-3-5-7-9-11-13-15-17-22(26)24-21(19-25)20-28-23(27)18-16-14-12-10-8-6-4-2/h19,21H,3-18,20H2,1-2H3,(H,24,26)/t21-/m1/s1. The second kappa shape index (κ2) is 20.3. The molecule has 1 N–H and O–H groups in total. The Bertz CT molecular complexity index is 398. The lowest BCUT2D eigenvalue weighted by Gasteiger charge is -2.13. The molecule has 164 valence electrons. The van der Waals surface area contributed by atoms with Gasteiger partial charge in [0.25, 0.3) is 0 Å². The van der Waals surface area contributed by atoms with Gasteiger partial charge in [0.15, 0.2) is 0 Å². The van der Waals surface area contributed by atoms with Crippen molar-refractivity contribution >= 4 is 18.2 Å². The molecule has 0 unspecified atom stereocenters. The summed E-state index contributed by atoms with van der Waals surface area (Å²) >= 11 is 0. The molecular formula is C23H43NO4.